The lowest BCUT2D eigenvalue weighted by molar-refractivity contribution is -0.104. The summed E-state index contributed by atoms with van der Waals surface area (Å²) in [6, 6.07) is 0. The van der Waals surface area contributed by atoms with Crippen molar-refractivity contribution in [1.82, 2.24) is 0 Å². The summed E-state index contributed by atoms with van der Waals surface area (Å²) in [4.78, 5) is 9.94. The molecule has 0 aliphatic heterocycles. The van der Waals surface area contributed by atoms with E-state index >= 15 is 0 Å². The highest BCUT2D eigenvalue weighted by atomic mass is 19.1. The minimum Gasteiger partial charge on any atom is -0.298 e. The van der Waals surface area contributed by atoms with Crippen molar-refractivity contribution in [3.8, 4) is 0 Å². The summed E-state index contributed by atoms with van der Waals surface area (Å²) in [5.74, 6) is -0.778. The normalized spacial score (nSPS) is 12.0. The van der Waals surface area contributed by atoms with Gasteiger partial charge >= 0.3 is 0 Å². The van der Waals surface area contributed by atoms with E-state index in [1.807, 2.05) is 0 Å². The maximum absolute atomic E-state index is 11.9. The second-order valence-electron chi connectivity index (χ2n) is 1.50. The lowest BCUT2D eigenvalue weighted by Crippen LogP contribution is -1.77. The van der Waals surface area contributed by atoms with Gasteiger partial charge in [-0.05, 0) is 12.2 Å². The monoisotopic (exact) mass is 144 g/mol. The van der Waals surface area contributed by atoms with Gasteiger partial charge in [-0.2, -0.15) is 0 Å². The number of carbonyl (C=O) groups excluding carboxylic acids is 1. The van der Waals surface area contributed by atoms with Crippen LogP contribution >= 0.6 is 0 Å². The first-order valence-electron chi connectivity index (χ1n) is 2.48. The molecule has 0 amide bonds. The van der Waals surface area contributed by atoms with Crippen LogP contribution in [0.4, 0.5) is 8.78 Å². The van der Waals surface area contributed by atoms with Crippen molar-refractivity contribution in [1.29, 1.82) is 0 Å². The standard InChI is InChI=1S/C7H6F2O/c1-6(9)4-7(5-10)2-3-8/h2-5H,1H2/b3-2+,7-4+. The number of aldehydes is 1. The molecule has 0 aliphatic carbocycles. The van der Waals surface area contributed by atoms with E-state index < -0.39 is 5.83 Å². The van der Waals surface area contributed by atoms with E-state index in [0.717, 1.165) is 12.2 Å². The van der Waals surface area contributed by atoms with Gasteiger partial charge in [0.05, 0.1) is 6.33 Å². The number of carbonyl (C=O) groups is 1. The fourth-order valence-corrected chi connectivity index (χ4v) is 0.375. The predicted octanol–water partition coefficient (Wildman–Crippen LogP) is 2.08. The Morgan fingerprint density at radius 3 is 2.40 bits per heavy atom. The molecule has 10 heavy (non-hydrogen) atoms. The SMILES string of the molecule is C=C(F)/C=C(C=O)\C=C\F. The Hall–Kier alpha value is -1.25. The Labute approximate surface area is 57.4 Å². The molecule has 0 heterocycles. The molecular weight excluding hydrogens is 138 g/mol. The maximum Gasteiger partial charge on any atom is 0.150 e. The molecule has 0 atom stereocenters. The van der Waals surface area contributed by atoms with Crippen LogP contribution < -0.4 is 0 Å². The zero-order valence-electron chi connectivity index (χ0n) is 5.18. The first-order chi connectivity index (χ1) is 4.70. The molecule has 0 aromatic carbocycles. The van der Waals surface area contributed by atoms with E-state index in [4.69, 9.17) is 0 Å². The van der Waals surface area contributed by atoms with Crippen molar-refractivity contribution in [2.24, 2.45) is 0 Å². The zero-order valence-corrected chi connectivity index (χ0v) is 5.18. The number of allylic oxidation sites excluding steroid dienone is 4. The largest absolute Gasteiger partial charge is 0.298 e. The third-order valence-electron chi connectivity index (χ3n) is 0.715. The van der Waals surface area contributed by atoms with Crippen molar-refractivity contribution < 1.29 is 13.6 Å². The summed E-state index contributed by atoms with van der Waals surface area (Å²) in [5.41, 5.74) is -0.0880. The third kappa shape index (κ3) is 3.72. The van der Waals surface area contributed by atoms with Crippen LogP contribution in [0.5, 0.6) is 0 Å². The molecule has 0 radical (unpaired) electrons. The molecule has 0 fully saturated rings. The molecular formula is C7H6F2O. The van der Waals surface area contributed by atoms with Gasteiger partial charge in [-0.25, -0.2) is 8.78 Å². The van der Waals surface area contributed by atoms with Crippen LogP contribution in [0.3, 0.4) is 0 Å². The van der Waals surface area contributed by atoms with E-state index in [1.165, 1.54) is 0 Å². The van der Waals surface area contributed by atoms with Crippen LogP contribution in [-0.4, -0.2) is 6.29 Å². The van der Waals surface area contributed by atoms with E-state index in [1.54, 1.807) is 0 Å². The van der Waals surface area contributed by atoms with E-state index in [-0.39, 0.29) is 11.9 Å². The molecule has 3 heteroatoms. The molecule has 0 rings (SSSR count). The molecule has 1 nitrogen and oxygen atoms in total. The summed E-state index contributed by atoms with van der Waals surface area (Å²) in [5, 5.41) is 0. The molecule has 0 saturated heterocycles. The second-order valence-corrected chi connectivity index (χ2v) is 1.50. The quantitative estimate of drug-likeness (QED) is 0.336. The summed E-state index contributed by atoms with van der Waals surface area (Å²) in [7, 11) is 0. The zero-order chi connectivity index (χ0) is 7.98. The molecule has 0 saturated carbocycles. The van der Waals surface area contributed by atoms with Crippen molar-refractivity contribution in [2.45, 2.75) is 0 Å². The fraction of sp³-hybridized carbons (Fsp3) is 0. The van der Waals surface area contributed by atoms with Gasteiger partial charge in [0, 0.05) is 5.57 Å². The minimum atomic E-state index is -0.778. The Morgan fingerprint density at radius 2 is 2.10 bits per heavy atom. The fourth-order valence-electron chi connectivity index (χ4n) is 0.375. The second kappa shape index (κ2) is 4.61. The topological polar surface area (TPSA) is 17.1 Å². The van der Waals surface area contributed by atoms with Crippen LogP contribution in [0.1, 0.15) is 0 Å². The smallest absolute Gasteiger partial charge is 0.150 e. The average molecular weight is 144 g/mol. The highest BCUT2D eigenvalue weighted by molar-refractivity contribution is 5.78. The first kappa shape index (κ1) is 8.75. The van der Waals surface area contributed by atoms with Crippen molar-refractivity contribution >= 4 is 6.29 Å². The van der Waals surface area contributed by atoms with Gasteiger partial charge in [-0.3, -0.25) is 4.79 Å². The average Bonchev–Trinajstić information content (AvgIpc) is 1.86. The van der Waals surface area contributed by atoms with E-state index in [0.29, 0.717) is 6.29 Å². The summed E-state index contributed by atoms with van der Waals surface area (Å²) in [6.45, 7) is 2.87. The molecule has 0 aromatic heterocycles. The molecule has 0 N–H and O–H groups in total. The molecule has 0 unspecified atom stereocenters. The molecule has 0 aliphatic rings. The van der Waals surface area contributed by atoms with Crippen molar-refractivity contribution in [3.63, 3.8) is 0 Å². The predicted molar refractivity (Wildman–Crippen MR) is 34.6 cm³/mol. The number of hydrogen-bond donors (Lipinski definition) is 0. The van der Waals surface area contributed by atoms with Gasteiger partial charge in [0.1, 0.15) is 12.1 Å². The van der Waals surface area contributed by atoms with Gasteiger partial charge < -0.3 is 0 Å². The highest BCUT2D eigenvalue weighted by Gasteiger charge is 1.89. The van der Waals surface area contributed by atoms with Gasteiger partial charge in [-0.15, -0.1) is 0 Å². The Balaban J connectivity index is 4.33. The number of halogens is 2. The Morgan fingerprint density at radius 1 is 1.50 bits per heavy atom. The Kier molecular flexibility index (Phi) is 4.04. The summed E-state index contributed by atoms with van der Waals surface area (Å²) in [6.07, 6.45) is 2.17. The molecule has 0 spiro atoms. The van der Waals surface area contributed by atoms with Gasteiger partial charge in [0.25, 0.3) is 0 Å². The van der Waals surface area contributed by atoms with Crippen LogP contribution in [0, 0.1) is 0 Å². The van der Waals surface area contributed by atoms with Crippen LogP contribution in [-0.2, 0) is 4.79 Å². The van der Waals surface area contributed by atoms with E-state index in [9.17, 15) is 13.6 Å². The first-order valence-corrected chi connectivity index (χ1v) is 2.48. The van der Waals surface area contributed by atoms with Gasteiger partial charge in [0.15, 0.2) is 0 Å². The minimum absolute atomic E-state index is 0.0880. The summed E-state index contributed by atoms with van der Waals surface area (Å²) < 4.78 is 23.2. The lowest BCUT2D eigenvalue weighted by Gasteiger charge is -1.84. The van der Waals surface area contributed by atoms with E-state index in [2.05, 4.69) is 6.58 Å². The van der Waals surface area contributed by atoms with Crippen molar-refractivity contribution in [2.75, 3.05) is 0 Å². The molecule has 0 aromatic rings. The summed E-state index contributed by atoms with van der Waals surface area (Å²) >= 11 is 0. The van der Waals surface area contributed by atoms with Crippen LogP contribution in [0.15, 0.2) is 36.5 Å². The van der Waals surface area contributed by atoms with Crippen LogP contribution in [0.25, 0.3) is 0 Å². The van der Waals surface area contributed by atoms with Gasteiger partial charge in [0.2, 0.25) is 0 Å². The number of hydrogen-bond acceptors (Lipinski definition) is 1. The van der Waals surface area contributed by atoms with Crippen molar-refractivity contribution in [3.05, 3.63) is 36.5 Å². The Bertz CT molecular complexity index is 192. The highest BCUT2D eigenvalue weighted by Crippen LogP contribution is 2.00. The molecule has 0 bridgehead atoms. The maximum atomic E-state index is 11.9. The molecule has 54 valence electrons. The lowest BCUT2D eigenvalue weighted by atomic mass is 10.2. The third-order valence-corrected chi connectivity index (χ3v) is 0.715. The van der Waals surface area contributed by atoms with Gasteiger partial charge in [-0.1, -0.05) is 6.58 Å². The number of rotatable bonds is 3. The van der Waals surface area contributed by atoms with Crippen LogP contribution in [0.2, 0.25) is 0 Å².